The molecule has 0 amide bonds. The van der Waals surface area contributed by atoms with Crippen LogP contribution in [0.4, 0.5) is 0 Å². The van der Waals surface area contributed by atoms with Gasteiger partial charge in [-0.25, -0.2) is 0 Å². The van der Waals surface area contributed by atoms with Crippen molar-refractivity contribution in [1.29, 1.82) is 0 Å². The van der Waals surface area contributed by atoms with E-state index in [4.69, 9.17) is 10.8 Å². The first-order valence-electron chi connectivity index (χ1n) is 6.11. The van der Waals surface area contributed by atoms with Crippen molar-refractivity contribution in [3.05, 3.63) is 35.4 Å². The summed E-state index contributed by atoms with van der Waals surface area (Å²) >= 11 is 0. The van der Waals surface area contributed by atoms with Crippen LogP contribution in [0.15, 0.2) is 24.3 Å². The highest BCUT2D eigenvalue weighted by atomic mass is 16.2. The van der Waals surface area contributed by atoms with Crippen LogP contribution in [0.2, 0.25) is 0 Å². The molecule has 1 aromatic rings. The molecule has 90 valence electrons. The SMILES string of the molecule is CC(C)c1ccc(C(N)CCCCO)cc1. The van der Waals surface area contributed by atoms with Crippen LogP contribution < -0.4 is 5.73 Å². The van der Waals surface area contributed by atoms with Crippen LogP contribution in [0.25, 0.3) is 0 Å². The number of aliphatic hydroxyl groups excluding tert-OH is 1. The maximum absolute atomic E-state index is 8.71. The molecule has 0 fully saturated rings. The fourth-order valence-electron chi connectivity index (χ4n) is 1.77. The van der Waals surface area contributed by atoms with Crippen LogP contribution in [0, 0.1) is 0 Å². The van der Waals surface area contributed by atoms with Crippen molar-refractivity contribution in [2.24, 2.45) is 5.73 Å². The van der Waals surface area contributed by atoms with E-state index in [-0.39, 0.29) is 12.6 Å². The first-order chi connectivity index (χ1) is 7.65. The summed E-state index contributed by atoms with van der Waals surface area (Å²) in [4.78, 5) is 0. The minimum absolute atomic E-state index is 0.104. The summed E-state index contributed by atoms with van der Waals surface area (Å²) in [6.45, 7) is 4.64. The third-order valence-electron chi connectivity index (χ3n) is 2.95. The molecule has 1 unspecified atom stereocenters. The molecule has 1 aromatic carbocycles. The third kappa shape index (κ3) is 3.95. The van der Waals surface area contributed by atoms with Crippen LogP contribution in [0.3, 0.4) is 0 Å². The molecular formula is C14H23NO. The number of hydrogen-bond donors (Lipinski definition) is 2. The third-order valence-corrected chi connectivity index (χ3v) is 2.95. The van der Waals surface area contributed by atoms with Gasteiger partial charge in [0.25, 0.3) is 0 Å². The number of aliphatic hydroxyl groups is 1. The normalized spacial score (nSPS) is 13.1. The molecule has 0 bridgehead atoms. The number of rotatable bonds is 6. The molecular weight excluding hydrogens is 198 g/mol. The van der Waals surface area contributed by atoms with Gasteiger partial charge in [0, 0.05) is 12.6 Å². The van der Waals surface area contributed by atoms with E-state index in [1.807, 2.05) is 0 Å². The molecule has 2 heteroatoms. The van der Waals surface area contributed by atoms with Crippen LogP contribution in [0.5, 0.6) is 0 Å². The minimum Gasteiger partial charge on any atom is -0.396 e. The van der Waals surface area contributed by atoms with E-state index >= 15 is 0 Å². The van der Waals surface area contributed by atoms with Gasteiger partial charge in [-0.1, -0.05) is 38.1 Å². The molecule has 16 heavy (non-hydrogen) atoms. The van der Waals surface area contributed by atoms with Crippen molar-refractivity contribution < 1.29 is 5.11 Å². The van der Waals surface area contributed by atoms with Gasteiger partial charge >= 0.3 is 0 Å². The average Bonchev–Trinajstić information content (AvgIpc) is 2.29. The Morgan fingerprint density at radius 3 is 2.12 bits per heavy atom. The van der Waals surface area contributed by atoms with Gasteiger partial charge in [-0.3, -0.25) is 0 Å². The lowest BCUT2D eigenvalue weighted by Gasteiger charge is -2.13. The van der Waals surface area contributed by atoms with Crippen LogP contribution >= 0.6 is 0 Å². The van der Waals surface area contributed by atoms with Gasteiger partial charge in [-0.15, -0.1) is 0 Å². The summed E-state index contributed by atoms with van der Waals surface area (Å²) in [5, 5.41) is 8.71. The van der Waals surface area contributed by atoms with E-state index in [0.29, 0.717) is 5.92 Å². The molecule has 0 aliphatic heterocycles. The summed E-state index contributed by atoms with van der Waals surface area (Å²) in [6.07, 6.45) is 2.78. The number of benzene rings is 1. The van der Waals surface area contributed by atoms with Gasteiger partial charge in [-0.05, 0) is 36.3 Å². The Morgan fingerprint density at radius 2 is 1.62 bits per heavy atom. The predicted octanol–water partition coefficient (Wildman–Crippen LogP) is 2.97. The quantitative estimate of drug-likeness (QED) is 0.725. The second kappa shape index (κ2) is 6.66. The van der Waals surface area contributed by atoms with E-state index in [2.05, 4.69) is 38.1 Å². The summed E-state index contributed by atoms with van der Waals surface area (Å²) in [5.41, 5.74) is 8.63. The van der Waals surface area contributed by atoms with E-state index in [0.717, 1.165) is 19.3 Å². The number of unbranched alkanes of at least 4 members (excludes halogenated alkanes) is 1. The number of hydrogen-bond acceptors (Lipinski definition) is 2. The molecule has 0 aliphatic rings. The lowest BCUT2D eigenvalue weighted by molar-refractivity contribution is 0.281. The van der Waals surface area contributed by atoms with Crippen molar-refractivity contribution in [3.8, 4) is 0 Å². The Hall–Kier alpha value is -0.860. The molecule has 0 saturated heterocycles. The molecule has 0 heterocycles. The smallest absolute Gasteiger partial charge is 0.0431 e. The Labute approximate surface area is 98.5 Å². The molecule has 0 radical (unpaired) electrons. The topological polar surface area (TPSA) is 46.2 Å². The fourth-order valence-corrected chi connectivity index (χ4v) is 1.77. The second-order valence-corrected chi connectivity index (χ2v) is 4.65. The Morgan fingerprint density at radius 1 is 1.06 bits per heavy atom. The summed E-state index contributed by atoms with van der Waals surface area (Å²) in [5.74, 6) is 0.569. The van der Waals surface area contributed by atoms with Crippen molar-refractivity contribution in [2.75, 3.05) is 6.61 Å². The average molecular weight is 221 g/mol. The summed E-state index contributed by atoms with van der Waals surface area (Å²) < 4.78 is 0. The zero-order valence-corrected chi connectivity index (χ0v) is 10.3. The molecule has 1 atom stereocenters. The van der Waals surface area contributed by atoms with E-state index in [9.17, 15) is 0 Å². The number of nitrogens with two attached hydrogens (primary N) is 1. The zero-order valence-electron chi connectivity index (χ0n) is 10.3. The maximum atomic E-state index is 8.71. The van der Waals surface area contributed by atoms with Crippen molar-refractivity contribution >= 4 is 0 Å². The van der Waals surface area contributed by atoms with Gasteiger partial charge in [0.05, 0.1) is 0 Å². The van der Waals surface area contributed by atoms with E-state index in [1.165, 1.54) is 11.1 Å². The predicted molar refractivity (Wildman–Crippen MR) is 68.4 cm³/mol. The van der Waals surface area contributed by atoms with Gasteiger partial charge in [0.2, 0.25) is 0 Å². The maximum Gasteiger partial charge on any atom is 0.0431 e. The monoisotopic (exact) mass is 221 g/mol. The highest BCUT2D eigenvalue weighted by Crippen LogP contribution is 2.20. The molecule has 0 saturated carbocycles. The van der Waals surface area contributed by atoms with E-state index in [1.54, 1.807) is 0 Å². The van der Waals surface area contributed by atoms with Crippen molar-refractivity contribution in [1.82, 2.24) is 0 Å². The Bertz CT molecular complexity index is 292. The van der Waals surface area contributed by atoms with Crippen LogP contribution in [-0.4, -0.2) is 11.7 Å². The lowest BCUT2D eigenvalue weighted by atomic mass is 9.97. The van der Waals surface area contributed by atoms with Crippen LogP contribution in [-0.2, 0) is 0 Å². The first kappa shape index (κ1) is 13.2. The molecule has 1 rings (SSSR count). The largest absolute Gasteiger partial charge is 0.396 e. The lowest BCUT2D eigenvalue weighted by Crippen LogP contribution is -2.10. The minimum atomic E-state index is 0.104. The summed E-state index contributed by atoms with van der Waals surface area (Å²) in [7, 11) is 0. The molecule has 3 N–H and O–H groups in total. The Balaban J connectivity index is 2.52. The molecule has 0 aromatic heterocycles. The van der Waals surface area contributed by atoms with Gasteiger partial charge < -0.3 is 10.8 Å². The van der Waals surface area contributed by atoms with Gasteiger partial charge in [-0.2, -0.15) is 0 Å². The highest BCUT2D eigenvalue weighted by molar-refractivity contribution is 5.26. The molecule has 2 nitrogen and oxygen atoms in total. The van der Waals surface area contributed by atoms with Crippen molar-refractivity contribution in [3.63, 3.8) is 0 Å². The Kier molecular flexibility index (Phi) is 5.50. The second-order valence-electron chi connectivity index (χ2n) is 4.65. The first-order valence-corrected chi connectivity index (χ1v) is 6.11. The summed E-state index contributed by atoms with van der Waals surface area (Å²) in [6, 6.07) is 8.67. The van der Waals surface area contributed by atoms with E-state index < -0.39 is 0 Å². The van der Waals surface area contributed by atoms with Gasteiger partial charge in [0.15, 0.2) is 0 Å². The molecule has 0 aliphatic carbocycles. The fraction of sp³-hybridized carbons (Fsp3) is 0.571. The highest BCUT2D eigenvalue weighted by Gasteiger charge is 2.06. The van der Waals surface area contributed by atoms with Crippen molar-refractivity contribution in [2.45, 2.75) is 45.1 Å². The van der Waals surface area contributed by atoms with Gasteiger partial charge in [0.1, 0.15) is 0 Å². The van der Waals surface area contributed by atoms with Crippen LogP contribution in [0.1, 0.15) is 56.2 Å². The molecule has 0 spiro atoms. The zero-order chi connectivity index (χ0) is 12.0. The standard InChI is InChI=1S/C14H23NO/c1-11(2)12-6-8-13(9-7-12)14(15)5-3-4-10-16/h6-9,11,14,16H,3-5,10,15H2,1-2H3.